The third kappa shape index (κ3) is 2.50. The minimum absolute atomic E-state index is 0.473. The summed E-state index contributed by atoms with van der Waals surface area (Å²) in [5.41, 5.74) is 6.76. The normalized spacial score (nSPS) is 15.8. The van der Waals surface area contributed by atoms with Gasteiger partial charge < -0.3 is 4.42 Å². The van der Waals surface area contributed by atoms with Gasteiger partial charge in [0.1, 0.15) is 5.52 Å². The predicted molar refractivity (Wildman–Crippen MR) is 108 cm³/mol. The molecule has 2 aromatic heterocycles. The quantitative estimate of drug-likeness (QED) is 0.462. The van der Waals surface area contributed by atoms with Gasteiger partial charge in [0, 0.05) is 5.92 Å². The lowest BCUT2D eigenvalue weighted by Crippen LogP contribution is -2.30. The fourth-order valence-electron chi connectivity index (χ4n) is 4.74. The predicted octanol–water partition coefficient (Wildman–Crippen LogP) is 5.17. The molecule has 4 heteroatoms. The highest BCUT2D eigenvalue weighted by atomic mass is 16.3. The summed E-state index contributed by atoms with van der Waals surface area (Å²) in [6.07, 6.45) is 6.31. The number of aromatic nitrogens is 3. The maximum absolute atomic E-state index is 6.25. The second-order valence-corrected chi connectivity index (χ2v) is 7.92. The van der Waals surface area contributed by atoms with E-state index in [0.29, 0.717) is 5.92 Å². The summed E-state index contributed by atoms with van der Waals surface area (Å²) in [6, 6.07) is 12.8. The third-order valence-corrected chi connectivity index (χ3v) is 6.20. The van der Waals surface area contributed by atoms with Gasteiger partial charge in [0.25, 0.3) is 5.82 Å². The lowest BCUT2D eigenvalue weighted by atomic mass is 9.89. The fraction of sp³-hybridized carbons (Fsp3) is 0.391. The van der Waals surface area contributed by atoms with E-state index in [2.05, 4.69) is 66.6 Å². The Balaban J connectivity index is 1.76. The number of oxazole rings is 1. The first-order valence-corrected chi connectivity index (χ1v) is 9.99. The molecule has 1 aliphatic rings. The number of aryl methyl sites for hydroxylation is 3. The van der Waals surface area contributed by atoms with Gasteiger partial charge in [-0.25, -0.2) is 14.1 Å². The molecule has 1 aliphatic carbocycles. The average Bonchev–Trinajstić information content (AvgIpc) is 3.24. The Hall–Kier alpha value is -2.62. The van der Waals surface area contributed by atoms with Gasteiger partial charge in [-0.15, -0.1) is 0 Å². The van der Waals surface area contributed by atoms with Crippen molar-refractivity contribution in [1.82, 2.24) is 9.55 Å². The molecule has 0 spiro atoms. The van der Waals surface area contributed by atoms with Crippen LogP contribution in [0.2, 0.25) is 0 Å². The lowest BCUT2D eigenvalue weighted by molar-refractivity contribution is -0.634. The Morgan fingerprint density at radius 2 is 1.85 bits per heavy atom. The topological polar surface area (TPSA) is 34.8 Å². The monoisotopic (exact) mass is 360 g/mol. The van der Waals surface area contributed by atoms with Crippen LogP contribution in [0.3, 0.4) is 0 Å². The van der Waals surface area contributed by atoms with Gasteiger partial charge in [0.2, 0.25) is 0 Å². The minimum atomic E-state index is 0.473. The molecular weight excluding hydrogens is 334 g/mol. The highest BCUT2D eigenvalue weighted by Crippen LogP contribution is 2.37. The number of benzene rings is 2. The van der Waals surface area contributed by atoms with Gasteiger partial charge in [0.05, 0.1) is 19.7 Å². The molecule has 2 aromatic carbocycles. The summed E-state index contributed by atoms with van der Waals surface area (Å²) in [7, 11) is 4.27. The van der Waals surface area contributed by atoms with Crippen LogP contribution in [0.4, 0.5) is 0 Å². The summed E-state index contributed by atoms with van der Waals surface area (Å²) in [6.45, 7) is 2.17. The molecule has 1 fully saturated rings. The van der Waals surface area contributed by atoms with Gasteiger partial charge in [0.15, 0.2) is 22.5 Å². The van der Waals surface area contributed by atoms with E-state index in [1.54, 1.807) is 0 Å². The highest BCUT2D eigenvalue weighted by molar-refractivity contribution is 5.91. The van der Waals surface area contributed by atoms with Gasteiger partial charge in [-0.1, -0.05) is 37.5 Å². The van der Waals surface area contributed by atoms with Crippen molar-refractivity contribution in [2.24, 2.45) is 14.1 Å². The zero-order valence-electron chi connectivity index (χ0n) is 16.3. The van der Waals surface area contributed by atoms with E-state index in [1.165, 1.54) is 60.1 Å². The third-order valence-electron chi connectivity index (χ3n) is 6.20. The Bertz CT molecular complexity index is 1110. The molecule has 5 rings (SSSR count). The SMILES string of the molecule is Cc1ccc2oc(C3CCCCC3)nc2c1-c1n(C)c2ccccc2[n+]1C. The van der Waals surface area contributed by atoms with E-state index in [4.69, 9.17) is 9.40 Å². The molecule has 0 bridgehead atoms. The van der Waals surface area contributed by atoms with E-state index < -0.39 is 0 Å². The molecule has 0 aliphatic heterocycles. The summed E-state index contributed by atoms with van der Waals surface area (Å²) >= 11 is 0. The van der Waals surface area contributed by atoms with Crippen molar-refractivity contribution in [1.29, 1.82) is 0 Å². The van der Waals surface area contributed by atoms with Gasteiger partial charge >= 0.3 is 0 Å². The van der Waals surface area contributed by atoms with Crippen LogP contribution in [0.25, 0.3) is 33.5 Å². The molecule has 4 nitrogen and oxygen atoms in total. The molecule has 1 saturated carbocycles. The number of hydrogen-bond donors (Lipinski definition) is 0. The molecule has 0 atom stereocenters. The minimum Gasteiger partial charge on any atom is -0.440 e. The zero-order valence-corrected chi connectivity index (χ0v) is 16.3. The lowest BCUT2D eigenvalue weighted by Gasteiger charge is -2.17. The van der Waals surface area contributed by atoms with Crippen LogP contribution in [0.5, 0.6) is 0 Å². The summed E-state index contributed by atoms with van der Waals surface area (Å²) in [5, 5.41) is 0. The van der Waals surface area contributed by atoms with Gasteiger partial charge in [-0.2, -0.15) is 0 Å². The van der Waals surface area contributed by atoms with Crippen LogP contribution >= 0.6 is 0 Å². The van der Waals surface area contributed by atoms with Crippen molar-refractivity contribution in [3.63, 3.8) is 0 Å². The van der Waals surface area contributed by atoms with Crippen LogP contribution in [0.15, 0.2) is 40.8 Å². The number of rotatable bonds is 2. The average molecular weight is 360 g/mol. The molecule has 0 amide bonds. The number of fused-ring (bicyclic) bond motifs is 2. The van der Waals surface area contributed by atoms with Crippen molar-refractivity contribution in [2.45, 2.75) is 44.9 Å². The van der Waals surface area contributed by atoms with E-state index in [1.807, 2.05) is 0 Å². The van der Waals surface area contributed by atoms with Gasteiger partial charge in [-0.3, -0.25) is 0 Å². The van der Waals surface area contributed by atoms with Crippen LogP contribution in [-0.2, 0) is 14.1 Å². The van der Waals surface area contributed by atoms with Crippen molar-refractivity contribution in [3.8, 4) is 11.4 Å². The van der Waals surface area contributed by atoms with Crippen LogP contribution in [0.1, 0.15) is 49.5 Å². The maximum atomic E-state index is 6.25. The molecule has 27 heavy (non-hydrogen) atoms. The Kier molecular flexibility index (Phi) is 3.81. The first-order valence-electron chi connectivity index (χ1n) is 9.99. The second-order valence-electron chi connectivity index (χ2n) is 7.92. The Morgan fingerprint density at radius 1 is 1.07 bits per heavy atom. The largest absolute Gasteiger partial charge is 0.440 e. The first-order chi connectivity index (χ1) is 13.1. The highest BCUT2D eigenvalue weighted by Gasteiger charge is 2.28. The number of para-hydroxylation sites is 2. The molecule has 2 heterocycles. The standard InChI is InChI=1S/C23H26N3O/c1-15-13-14-19-21(24-22(27-19)16-9-5-4-6-10-16)20(15)23-25(2)17-11-7-8-12-18(17)26(23)3/h7-8,11-14,16H,4-6,9-10H2,1-3H3/q+1. The van der Waals surface area contributed by atoms with E-state index in [9.17, 15) is 0 Å². The molecular formula is C23H26N3O+. The molecule has 4 aromatic rings. The van der Waals surface area contributed by atoms with E-state index in [0.717, 1.165) is 17.0 Å². The number of hydrogen-bond acceptors (Lipinski definition) is 2. The second kappa shape index (κ2) is 6.22. The smallest absolute Gasteiger partial charge is 0.292 e. The molecule has 138 valence electrons. The Labute approximate surface area is 159 Å². The molecule has 0 radical (unpaired) electrons. The van der Waals surface area contributed by atoms with Crippen LogP contribution in [0, 0.1) is 6.92 Å². The molecule has 0 N–H and O–H groups in total. The maximum Gasteiger partial charge on any atom is 0.292 e. The van der Waals surface area contributed by atoms with Crippen molar-refractivity contribution in [3.05, 3.63) is 47.9 Å². The fourth-order valence-corrected chi connectivity index (χ4v) is 4.74. The number of nitrogens with zero attached hydrogens (tertiary/aromatic N) is 3. The molecule has 0 saturated heterocycles. The number of imidazole rings is 1. The summed E-state index contributed by atoms with van der Waals surface area (Å²) in [5.74, 6) is 2.57. The first kappa shape index (κ1) is 16.5. The Morgan fingerprint density at radius 3 is 2.63 bits per heavy atom. The zero-order chi connectivity index (χ0) is 18.5. The summed E-state index contributed by atoms with van der Waals surface area (Å²) < 4.78 is 10.8. The van der Waals surface area contributed by atoms with E-state index in [-0.39, 0.29) is 0 Å². The van der Waals surface area contributed by atoms with Crippen molar-refractivity contribution in [2.75, 3.05) is 0 Å². The van der Waals surface area contributed by atoms with Crippen molar-refractivity contribution < 1.29 is 8.98 Å². The summed E-state index contributed by atoms with van der Waals surface area (Å²) in [4.78, 5) is 5.03. The van der Waals surface area contributed by atoms with E-state index >= 15 is 0 Å². The molecule has 0 unspecified atom stereocenters. The van der Waals surface area contributed by atoms with Crippen LogP contribution < -0.4 is 4.57 Å². The van der Waals surface area contributed by atoms with Crippen LogP contribution in [-0.4, -0.2) is 9.55 Å². The van der Waals surface area contributed by atoms with Gasteiger partial charge in [-0.05, 0) is 43.5 Å². The van der Waals surface area contributed by atoms with Crippen molar-refractivity contribution >= 4 is 22.1 Å².